The van der Waals surface area contributed by atoms with Gasteiger partial charge in [0.2, 0.25) is 5.91 Å². The molecule has 0 spiro atoms. The van der Waals surface area contributed by atoms with E-state index in [0.29, 0.717) is 18.5 Å². The number of carboxylic acids is 1. The number of pyridine rings is 1. The molecule has 0 radical (unpaired) electrons. The van der Waals surface area contributed by atoms with Gasteiger partial charge >= 0.3 is 6.18 Å². The van der Waals surface area contributed by atoms with E-state index >= 15 is 0 Å². The van der Waals surface area contributed by atoms with Gasteiger partial charge in [0.05, 0.1) is 6.54 Å². The molecule has 0 bridgehead atoms. The van der Waals surface area contributed by atoms with E-state index in [1.165, 1.54) is 16.1 Å². The van der Waals surface area contributed by atoms with Gasteiger partial charge in [-0.3, -0.25) is 9.59 Å². The quantitative estimate of drug-likeness (QED) is 0.456. The molecule has 3 aromatic rings. The summed E-state index contributed by atoms with van der Waals surface area (Å²) >= 11 is 0. The Kier molecular flexibility index (Phi) is 8.66. The van der Waals surface area contributed by atoms with Crippen molar-refractivity contribution in [3.63, 3.8) is 0 Å². The second-order valence-corrected chi connectivity index (χ2v) is 8.87. The van der Waals surface area contributed by atoms with E-state index in [9.17, 15) is 27.2 Å². The van der Waals surface area contributed by atoms with Gasteiger partial charge in [0.1, 0.15) is 24.4 Å². The molecule has 0 saturated carbocycles. The molecule has 4 rings (SSSR count). The number of carbonyl (C=O) groups is 3. The summed E-state index contributed by atoms with van der Waals surface area (Å²) in [4.78, 5) is 41.8. The highest BCUT2D eigenvalue weighted by Crippen LogP contribution is 2.27. The van der Waals surface area contributed by atoms with E-state index in [2.05, 4.69) is 15.8 Å². The van der Waals surface area contributed by atoms with Crippen LogP contribution in [0.15, 0.2) is 48.9 Å². The molecule has 38 heavy (non-hydrogen) atoms. The number of quaternary nitrogens is 1. The Morgan fingerprint density at radius 1 is 1.13 bits per heavy atom. The summed E-state index contributed by atoms with van der Waals surface area (Å²) in [6, 6.07) is 10.6. The maximum atomic E-state index is 13.6. The topological polar surface area (TPSA) is 139 Å². The van der Waals surface area contributed by atoms with Crippen LogP contribution in [0.4, 0.5) is 17.6 Å². The third-order valence-corrected chi connectivity index (χ3v) is 5.98. The Balaban J connectivity index is 0.000000505. The zero-order valence-corrected chi connectivity index (χ0v) is 20.6. The number of likely N-dealkylation sites (N-methyl/N-ethyl adjacent to an activating group) is 1. The summed E-state index contributed by atoms with van der Waals surface area (Å²) in [5.41, 5.74) is 7.38. The largest absolute Gasteiger partial charge is 0.542 e. The van der Waals surface area contributed by atoms with Gasteiger partial charge < -0.3 is 25.4 Å². The van der Waals surface area contributed by atoms with Gasteiger partial charge in [0, 0.05) is 26.8 Å². The summed E-state index contributed by atoms with van der Waals surface area (Å²) < 4.78 is 46.8. The number of halogens is 4. The molecular weight excluding hydrogens is 512 g/mol. The first kappa shape index (κ1) is 28.5. The molecule has 1 fully saturated rings. The predicted octanol–water partition coefficient (Wildman–Crippen LogP) is 0.0476. The van der Waals surface area contributed by atoms with Crippen LogP contribution in [0.2, 0.25) is 0 Å². The summed E-state index contributed by atoms with van der Waals surface area (Å²) in [7, 11) is 3.31. The van der Waals surface area contributed by atoms with E-state index in [0.717, 1.165) is 16.8 Å². The van der Waals surface area contributed by atoms with Gasteiger partial charge in [0.25, 0.3) is 5.91 Å². The normalized spacial score (nSPS) is 16.9. The van der Waals surface area contributed by atoms with Crippen LogP contribution in [0.25, 0.3) is 16.8 Å². The first-order chi connectivity index (χ1) is 17.8. The zero-order valence-electron chi connectivity index (χ0n) is 20.6. The van der Waals surface area contributed by atoms with Crippen LogP contribution < -0.4 is 10.8 Å². The molecule has 1 saturated heterocycles. The number of aromatic nitrogens is 3. The van der Waals surface area contributed by atoms with Gasteiger partial charge in [0.15, 0.2) is 11.7 Å². The second kappa shape index (κ2) is 11.5. The van der Waals surface area contributed by atoms with Crippen LogP contribution in [0, 0.1) is 0 Å². The smallest absolute Gasteiger partial charge is 0.430 e. The van der Waals surface area contributed by atoms with Crippen LogP contribution >= 0.6 is 0 Å². The fourth-order valence-corrected chi connectivity index (χ4v) is 4.00. The lowest BCUT2D eigenvalue weighted by molar-refractivity contribution is -0.409. The molecule has 2 amide bonds. The monoisotopic (exact) mass is 538 g/mol. The minimum absolute atomic E-state index is 0.0672. The Bertz CT molecular complexity index is 1300. The minimum atomic E-state index is -5.19. The molecule has 1 aliphatic rings. The van der Waals surface area contributed by atoms with E-state index in [4.69, 9.17) is 9.90 Å². The van der Waals surface area contributed by atoms with Crippen molar-refractivity contribution in [3.8, 4) is 11.1 Å². The molecule has 1 aliphatic heterocycles. The maximum Gasteiger partial charge on any atom is 0.430 e. The average Bonchev–Trinajstić information content (AvgIpc) is 3.52. The summed E-state index contributed by atoms with van der Waals surface area (Å²) in [5, 5.41) is 12.9. The Morgan fingerprint density at radius 2 is 1.76 bits per heavy atom. The highest BCUT2D eigenvalue weighted by Gasteiger charge is 2.40. The summed E-state index contributed by atoms with van der Waals surface area (Å²) in [6.45, 7) is 0.427. The molecular formula is C24H26F4N6O4. The van der Waals surface area contributed by atoms with E-state index in [-0.39, 0.29) is 18.4 Å². The molecule has 3 N–H and O–H groups in total. The van der Waals surface area contributed by atoms with Crippen LogP contribution in [0.5, 0.6) is 0 Å². The average molecular weight is 539 g/mol. The molecule has 0 aliphatic carbocycles. The number of alkyl halides is 4. The van der Waals surface area contributed by atoms with Crippen molar-refractivity contribution in [2.24, 2.45) is 0 Å². The second-order valence-electron chi connectivity index (χ2n) is 8.87. The highest BCUT2D eigenvalue weighted by atomic mass is 19.4. The summed E-state index contributed by atoms with van der Waals surface area (Å²) in [5.74, 6) is -4.25. The molecule has 10 nitrogen and oxygen atoms in total. The molecule has 3 atom stereocenters. The first-order valence-corrected chi connectivity index (χ1v) is 11.4. The van der Waals surface area contributed by atoms with Gasteiger partial charge in [-0.25, -0.2) is 13.9 Å². The van der Waals surface area contributed by atoms with Crippen molar-refractivity contribution >= 4 is 23.4 Å². The predicted molar refractivity (Wildman–Crippen MR) is 124 cm³/mol. The minimum Gasteiger partial charge on any atom is -0.542 e. The van der Waals surface area contributed by atoms with Crippen LogP contribution in [-0.4, -0.2) is 87.8 Å². The van der Waals surface area contributed by atoms with E-state index < -0.39 is 30.3 Å². The van der Waals surface area contributed by atoms with E-state index in [1.807, 2.05) is 42.6 Å². The fourth-order valence-electron chi connectivity index (χ4n) is 4.00. The van der Waals surface area contributed by atoms with E-state index in [1.54, 1.807) is 18.6 Å². The number of fused-ring (bicyclic) bond motifs is 1. The third kappa shape index (κ3) is 6.62. The van der Waals surface area contributed by atoms with Crippen LogP contribution in [-0.2, 0) is 14.4 Å². The first-order valence-electron chi connectivity index (χ1n) is 11.4. The Morgan fingerprint density at radius 3 is 2.29 bits per heavy atom. The van der Waals surface area contributed by atoms with Crippen LogP contribution in [0.3, 0.4) is 0 Å². The van der Waals surface area contributed by atoms with Crippen LogP contribution in [0.1, 0.15) is 17.9 Å². The number of carboxylic acid groups (broad SMARTS) is 1. The SMILES string of the molecule is CN(C)C(=O)[C@@H](c1ccc(-c2ccn3ncnc3c2)cc1)[C@H]([NH3+])C(=O)N1CC[C@H](F)C1.O=C([O-])C(F)(F)F. The Hall–Kier alpha value is -4.07. The van der Waals surface area contributed by atoms with Crippen molar-refractivity contribution < 1.29 is 42.8 Å². The molecule has 0 unspecified atom stereocenters. The Labute approximate surface area is 214 Å². The number of carbonyl (C=O) groups excluding carboxylic acids is 3. The fraction of sp³-hybridized carbons (Fsp3) is 0.375. The zero-order chi connectivity index (χ0) is 28.2. The van der Waals surface area contributed by atoms with Gasteiger partial charge in [-0.15, -0.1) is 0 Å². The van der Waals surface area contributed by atoms with Crippen molar-refractivity contribution in [3.05, 3.63) is 54.5 Å². The lowest BCUT2D eigenvalue weighted by Gasteiger charge is -2.26. The molecule has 2 aromatic heterocycles. The highest BCUT2D eigenvalue weighted by molar-refractivity contribution is 5.92. The third-order valence-electron chi connectivity index (χ3n) is 5.98. The van der Waals surface area contributed by atoms with Crippen molar-refractivity contribution in [2.45, 2.75) is 30.7 Å². The van der Waals surface area contributed by atoms with Crippen molar-refractivity contribution in [1.82, 2.24) is 24.4 Å². The number of rotatable bonds is 5. The van der Waals surface area contributed by atoms with Gasteiger partial charge in [-0.05, 0) is 35.2 Å². The van der Waals surface area contributed by atoms with Crippen molar-refractivity contribution in [2.75, 3.05) is 27.2 Å². The van der Waals surface area contributed by atoms with Gasteiger partial charge in [-0.1, -0.05) is 24.3 Å². The number of hydrogen-bond acceptors (Lipinski definition) is 6. The summed E-state index contributed by atoms with van der Waals surface area (Å²) in [6.07, 6.45) is -2.55. The standard InChI is InChI=1S/C22H25FN6O2.C2HF3O2/c1-27(2)21(30)19(20(24)22(31)28-9-8-17(23)12-28)15-5-3-14(4-6-15)16-7-10-29-18(11-16)25-13-26-29;3-2(4,5)1(6)7/h3-7,10-11,13,17,19-20H,8-9,12,24H2,1-2H3;(H,6,7)/t17-,19-,20-;/m0./s1. The maximum absolute atomic E-state index is 13.6. The number of likely N-dealkylation sites (tertiary alicyclic amines) is 1. The molecule has 14 heteroatoms. The number of hydrogen-bond donors (Lipinski definition) is 1. The number of nitrogens with zero attached hydrogens (tertiary/aromatic N) is 5. The lowest BCUT2D eigenvalue weighted by Crippen LogP contribution is -2.71. The molecule has 3 heterocycles. The van der Waals surface area contributed by atoms with Gasteiger partial charge in [-0.2, -0.15) is 18.3 Å². The number of benzene rings is 1. The number of aliphatic carboxylic acids is 1. The molecule has 204 valence electrons. The molecule has 1 aromatic carbocycles. The lowest BCUT2D eigenvalue weighted by atomic mass is 9.88. The number of amides is 2. The van der Waals surface area contributed by atoms with Crippen molar-refractivity contribution in [1.29, 1.82) is 0 Å².